The minimum Gasteiger partial charge on any atom is -0.507 e. The van der Waals surface area contributed by atoms with Gasteiger partial charge in [0.25, 0.3) is 0 Å². The van der Waals surface area contributed by atoms with Crippen LogP contribution in [0.5, 0.6) is 11.5 Å². The van der Waals surface area contributed by atoms with E-state index in [1.807, 2.05) is 25.1 Å². The Morgan fingerprint density at radius 2 is 1.87 bits per heavy atom. The molecule has 2 amide bonds. The maximum absolute atomic E-state index is 12.1. The first-order valence-corrected chi connectivity index (χ1v) is 6.97. The van der Waals surface area contributed by atoms with E-state index >= 15 is 0 Å². The molecule has 120 valence electrons. The second-order valence-corrected chi connectivity index (χ2v) is 5.07. The number of methoxy groups -OCH3 is 1. The first kappa shape index (κ1) is 16.4. The van der Waals surface area contributed by atoms with Gasteiger partial charge >= 0.3 is 6.03 Å². The summed E-state index contributed by atoms with van der Waals surface area (Å²) in [5.74, 6) is -0.252. The third kappa shape index (κ3) is 4.00. The molecule has 0 spiro atoms. The largest absolute Gasteiger partial charge is 0.507 e. The van der Waals surface area contributed by atoms with Crippen LogP contribution in [0.25, 0.3) is 0 Å². The lowest BCUT2D eigenvalue weighted by Gasteiger charge is -2.13. The molecular formula is C17H18N2O4. The molecule has 0 bridgehead atoms. The molecule has 0 aliphatic rings. The average molecular weight is 314 g/mol. The second kappa shape index (κ2) is 6.83. The van der Waals surface area contributed by atoms with E-state index < -0.39 is 6.03 Å². The summed E-state index contributed by atoms with van der Waals surface area (Å²) in [6, 6.07) is 9.54. The number of amides is 2. The highest BCUT2D eigenvalue weighted by Gasteiger charge is 2.15. The number of urea groups is 1. The summed E-state index contributed by atoms with van der Waals surface area (Å²) >= 11 is 0. The van der Waals surface area contributed by atoms with Crippen molar-refractivity contribution in [2.45, 2.75) is 13.8 Å². The molecule has 0 aromatic heterocycles. The lowest BCUT2D eigenvalue weighted by Crippen LogP contribution is -2.20. The van der Waals surface area contributed by atoms with Crippen molar-refractivity contribution in [1.82, 2.24) is 0 Å². The molecule has 2 aromatic rings. The van der Waals surface area contributed by atoms with Crippen LogP contribution in [-0.2, 0) is 0 Å². The second-order valence-electron chi connectivity index (χ2n) is 5.07. The first-order chi connectivity index (χ1) is 10.9. The number of rotatable bonds is 4. The molecule has 0 radical (unpaired) electrons. The summed E-state index contributed by atoms with van der Waals surface area (Å²) in [5.41, 5.74) is 2.06. The number of carbonyl (C=O) groups excluding carboxylic acids is 2. The summed E-state index contributed by atoms with van der Waals surface area (Å²) in [5, 5.41) is 15.1. The third-order valence-corrected chi connectivity index (χ3v) is 3.22. The van der Waals surface area contributed by atoms with Gasteiger partial charge in [0, 0.05) is 11.8 Å². The Morgan fingerprint density at radius 1 is 1.13 bits per heavy atom. The fraction of sp³-hybridized carbons (Fsp3) is 0.176. The molecule has 0 fully saturated rings. The zero-order valence-corrected chi connectivity index (χ0v) is 13.1. The summed E-state index contributed by atoms with van der Waals surface area (Å²) in [6.07, 6.45) is 0. The molecule has 2 aromatic carbocycles. The first-order valence-electron chi connectivity index (χ1n) is 6.97. The number of phenolic OH excluding ortho intramolecular Hbond substituents is 1. The van der Waals surface area contributed by atoms with Crippen molar-refractivity contribution in [3.05, 3.63) is 47.5 Å². The Hall–Kier alpha value is -3.02. The van der Waals surface area contributed by atoms with E-state index in [4.69, 9.17) is 4.74 Å². The number of aromatic hydroxyl groups is 1. The van der Waals surface area contributed by atoms with Crippen LogP contribution in [0.2, 0.25) is 0 Å². The molecule has 6 nitrogen and oxygen atoms in total. The lowest BCUT2D eigenvalue weighted by atomic mass is 10.1. The van der Waals surface area contributed by atoms with Gasteiger partial charge < -0.3 is 20.5 Å². The minimum absolute atomic E-state index is 0.108. The summed E-state index contributed by atoms with van der Waals surface area (Å²) < 4.78 is 5.12. The predicted octanol–water partition coefficient (Wildman–Crippen LogP) is 3.56. The minimum atomic E-state index is -0.478. The quantitative estimate of drug-likeness (QED) is 0.595. The predicted molar refractivity (Wildman–Crippen MR) is 88.5 cm³/mol. The Labute approximate surface area is 134 Å². The van der Waals surface area contributed by atoms with Crippen molar-refractivity contribution in [1.29, 1.82) is 0 Å². The molecule has 6 heteroatoms. The van der Waals surface area contributed by atoms with Crippen molar-refractivity contribution in [2.75, 3.05) is 17.7 Å². The number of Topliss-reactive ketones (excluding diaryl/α,β-unsaturated/α-hetero) is 1. The number of hydrogen-bond donors (Lipinski definition) is 3. The molecule has 0 aliphatic carbocycles. The Bertz CT molecular complexity index is 756. The number of nitrogens with one attached hydrogen (secondary N) is 2. The van der Waals surface area contributed by atoms with Gasteiger partial charge in [-0.15, -0.1) is 0 Å². The van der Waals surface area contributed by atoms with Crippen LogP contribution in [0, 0.1) is 6.92 Å². The molecule has 23 heavy (non-hydrogen) atoms. The zero-order chi connectivity index (χ0) is 17.0. The summed E-state index contributed by atoms with van der Waals surface area (Å²) in [6.45, 7) is 3.25. The fourth-order valence-corrected chi connectivity index (χ4v) is 2.13. The van der Waals surface area contributed by atoms with Gasteiger partial charge in [-0.05, 0) is 37.6 Å². The topological polar surface area (TPSA) is 87.7 Å². The monoisotopic (exact) mass is 314 g/mol. The molecule has 2 rings (SSSR count). The van der Waals surface area contributed by atoms with Gasteiger partial charge in [-0.2, -0.15) is 0 Å². The van der Waals surface area contributed by atoms with Crippen LogP contribution in [0.1, 0.15) is 22.8 Å². The highest BCUT2D eigenvalue weighted by atomic mass is 16.5. The van der Waals surface area contributed by atoms with Crippen LogP contribution in [-0.4, -0.2) is 24.0 Å². The van der Waals surface area contributed by atoms with Crippen molar-refractivity contribution in [2.24, 2.45) is 0 Å². The van der Waals surface area contributed by atoms with E-state index in [0.717, 1.165) is 5.56 Å². The van der Waals surface area contributed by atoms with E-state index in [0.29, 0.717) is 11.4 Å². The third-order valence-electron chi connectivity index (χ3n) is 3.22. The van der Waals surface area contributed by atoms with E-state index in [-0.39, 0.29) is 22.8 Å². The van der Waals surface area contributed by atoms with Gasteiger partial charge in [0.1, 0.15) is 11.5 Å². The maximum Gasteiger partial charge on any atom is 0.323 e. The van der Waals surface area contributed by atoms with Gasteiger partial charge in [-0.3, -0.25) is 4.79 Å². The van der Waals surface area contributed by atoms with Gasteiger partial charge in [-0.25, -0.2) is 4.79 Å². The summed E-state index contributed by atoms with van der Waals surface area (Å²) in [4.78, 5) is 23.6. The van der Waals surface area contributed by atoms with E-state index in [2.05, 4.69) is 10.6 Å². The van der Waals surface area contributed by atoms with E-state index in [9.17, 15) is 14.7 Å². The Morgan fingerprint density at radius 3 is 2.48 bits per heavy atom. The smallest absolute Gasteiger partial charge is 0.323 e. The lowest BCUT2D eigenvalue weighted by molar-refractivity contribution is 0.101. The number of phenols is 1. The van der Waals surface area contributed by atoms with Crippen LogP contribution >= 0.6 is 0 Å². The fourth-order valence-electron chi connectivity index (χ4n) is 2.13. The molecule has 0 aliphatic heterocycles. The number of ether oxygens (including phenoxy) is 1. The number of ketones is 1. The molecule has 0 saturated heterocycles. The van der Waals surface area contributed by atoms with Crippen LogP contribution in [0.15, 0.2) is 36.4 Å². The molecular weight excluding hydrogens is 296 g/mol. The van der Waals surface area contributed by atoms with Crippen molar-refractivity contribution < 1.29 is 19.4 Å². The summed E-state index contributed by atoms with van der Waals surface area (Å²) in [7, 11) is 1.41. The Balaban J connectivity index is 2.22. The number of aryl methyl sites for hydroxylation is 1. The van der Waals surface area contributed by atoms with Crippen molar-refractivity contribution >= 4 is 23.2 Å². The van der Waals surface area contributed by atoms with Crippen LogP contribution in [0.3, 0.4) is 0 Å². The average Bonchev–Trinajstić information content (AvgIpc) is 2.48. The van der Waals surface area contributed by atoms with E-state index in [1.165, 1.54) is 26.2 Å². The maximum atomic E-state index is 12.1. The number of hydrogen-bond acceptors (Lipinski definition) is 4. The molecule has 0 heterocycles. The molecule has 3 N–H and O–H groups in total. The molecule has 0 saturated carbocycles. The van der Waals surface area contributed by atoms with Crippen molar-refractivity contribution in [3.63, 3.8) is 0 Å². The highest BCUT2D eigenvalue weighted by Crippen LogP contribution is 2.32. The number of anilines is 2. The standard InChI is InChI=1S/C17H18N2O4/c1-10-5-4-6-12(7-10)18-17(22)19-14-8-13(11(2)20)15(21)9-16(14)23-3/h4-9,21H,1-3H3,(H2,18,19,22). The normalized spacial score (nSPS) is 10.0. The number of carbonyl (C=O) groups is 2. The zero-order valence-electron chi connectivity index (χ0n) is 13.1. The molecule has 0 atom stereocenters. The van der Waals surface area contributed by atoms with Gasteiger partial charge in [0.05, 0.1) is 18.4 Å². The SMILES string of the molecule is COc1cc(O)c(C(C)=O)cc1NC(=O)Nc1cccc(C)c1. The Kier molecular flexibility index (Phi) is 4.85. The van der Waals surface area contributed by atoms with E-state index in [1.54, 1.807) is 6.07 Å². The van der Waals surface area contributed by atoms with Gasteiger partial charge in [0.2, 0.25) is 0 Å². The molecule has 0 unspecified atom stereocenters. The van der Waals surface area contributed by atoms with Crippen LogP contribution < -0.4 is 15.4 Å². The van der Waals surface area contributed by atoms with Crippen molar-refractivity contribution in [3.8, 4) is 11.5 Å². The highest BCUT2D eigenvalue weighted by molar-refractivity contribution is 6.03. The van der Waals surface area contributed by atoms with Gasteiger partial charge in [0.15, 0.2) is 5.78 Å². The van der Waals surface area contributed by atoms with Crippen LogP contribution in [0.4, 0.5) is 16.2 Å². The van der Waals surface area contributed by atoms with Gasteiger partial charge in [-0.1, -0.05) is 12.1 Å². The number of benzene rings is 2.